The molecule has 3 unspecified atom stereocenters. The van der Waals surface area contributed by atoms with E-state index in [1.807, 2.05) is 0 Å². The van der Waals surface area contributed by atoms with Crippen molar-refractivity contribution in [1.82, 2.24) is 10.2 Å². The standard InChI is InChI=1S/C17H26N2/c1-2-16(11-14-7-4-3-5-8-14)19-12-15-9-6-10-18-17(15)13-19/h3-5,7-8,15-18H,2,6,9-13H2,1H3. The molecular weight excluding hydrogens is 232 g/mol. The fourth-order valence-corrected chi connectivity index (χ4v) is 3.80. The van der Waals surface area contributed by atoms with Gasteiger partial charge in [-0.25, -0.2) is 0 Å². The molecule has 1 N–H and O–H groups in total. The van der Waals surface area contributed by atoms with Crippen molar-refractivity contribution in [3.8, 4) is 0 Å². The molecule has 2 saturated heterocycles. The Morgan fingerprint density at radius 1 is 1.26 bits per heavy atom. The summed E-state index contributed by atoms with van der Waals surface area (Å²) in [6.45, 7) is 6.13. The Bertz CT molecular complexity index is 376. The number of likely N-dealkylation sites (tertiary alicyclic amines) is 1. The van der Waals surface area contributed by atoms with Crippen molar-refractivity contribution in [3.63, 3.8) is 0 Å². The van der Waals surface area contributed by atoms with Crippen LogP contribution in [0.5, 0.6) is 0 Å². The van der Waals surface area contributed by atoms with Gasteiger partial charge in [0.25, 0.3) is 0 Å². The summed E-state index contributed by atoms with van der Waals surface area (Å²) in [6.07, 6.45) is 5.26. The minimum Gasteiger partial charge on any atom is -0.312 e. The summed E-state index contributed by atoms with van der Waals surface area (Å²) in [5.74, 6) is 0.901. The lowest BCUT2D eigenvalue weighted by Gasteiger charge is -2.27. The van der Waals surface area contributed by atoms with Gasteiger partial charge < -0.3 is 5.32 Å². The van der Waals surface area contributed by atoms with Gasteiger partial charge in [0, 0.05) is 25.2 Å². The summed E-state index contributed by atoms with van der Waals surface area (Å²) in [4.78, 5) is 2.74. The van der Waals surface area contributed by atoms with Gasteiger partial charge in [0.1, 0.15) is 0 Å². The van der Waals surface area contributed by atoms with Crippen molar-refractivity contribution >= 4 is 0 Å². The fourth-order valence-electron chi connectivity index (χ4n) is 3.80. The van der Waals surface area contributed by atoms with Crippen molar-refractivity contribution in [3.05, 3.63) is 35.9 Å². The first-order valence-corrected chi connectivity index (χ1v) is 7.88. The zero-order valence-corrected chi connectivity index (χ0v) is 12.0. The summed E-state index contributed by atoms with van der Waals surface area (Å²) < 4.78 is 0. The van der Waals surface area contributed by atoms with Crippen LogP contribution in [-0.4, -0.2) is 36.6 Å². The van der Waals surface area contributed by atoms with Crippen molar-refractivity contribution in [2.45, 2.75) is 44.7 Å². The lowest BCUT2D eigenvalue weighted by Crippen LogP contribution is -2.41. The molecule has 3 rings (SSSR count). The molecule has 2 heterocycles. The molecule has 2 fully saturated rings. The highest BCUT2D eigenvalue weighted by molar-refractivity contribution is 5.16. The Kier molecular flexibility index (Phi) is 4.19. The third-order valence-electron chi connectivity index (χ3n) is 4.93. The number of rotatable bonds is 4. The Morgan fingerprint density at radius 2 is 2.11 bits per heavy atom. The van der Waals surface area contributed by atoms with Crippen LogP contribution in [0, 0.1) is 5.92 Å². The third kappa shape index (κ3) is 3.01. The van der Waals surface area contributed by atoms with Crippen LogP contribution in [0.3, 0.4) is 0 Å². The molecule has 0 saturated carbocycles. The molecule has 0 amide bonds. The van der Waals surface area contributed by atoms with Crippen LogP contribution < -0.4 is 5.32 Å². The lowest BCUT2D eigenvalue weighted by atomic mass is 9.94. The van der Waals surface area contributed by atoms with Gasteiger partial charge >= 0.3 is 0 Å². The largest absolute Gasteiger partial charge is 0.312 e. The van der Waals surface area contributed by atoms with E-state index in [0.29, 0.717) is 0 Å². The molecule has 3 atom stereocenters. The van der Waals surface area contributed by atoms with E-state index >= 15 is 0 Å². The van der Waals surface area contributed by atoms with E-state index in [-0.39, 0.29) is 0 Å². The van der Waals surface area contributed by atoms with Gasteiger partial charge in [-0.2, -0.15) is 0 Å². The Labute approximate surface area is 117 Å². The van der Waals surface area contributed by atoms with Crippen LogP contribution in [0.1, 0.15) is 31.7 Å². The average molecular weight is 258 g/mol. The Hall–Kier alpha value is -0.860. The summed E-state index contributed by atoms with van der Waals surface area (Å²) in [5, 5.41) is 3.71. The summed E-state index contributed by atoms with van der Waals surface area (Å²) >= 11 is 0. The third-order valence-corrected chi connectivity index (χ3v) is 4.93. The first-order valence-electron chi connectivity index (χ1n) is 7.88. The van der Waals surface area contributed by atoms with E-state index in [1.165, 1.54) is 50.9 Å². The maximum absolute atomic E-state index is 3.71. The minimum atomic E-state index is 0.717. The first kappa shape index (κ1) is 13.1. The fraction of sp³-hybridized carbons (Fsp3) is 0.647. The second kappa shape index (κ2) is 6.06. The highest BCUT2D eigenvalue weighted by Gasteiger charge is 2.36. The summed E-state index contributed by atoms with van der Waals surface area (Å²) in [7, 11) is 0. The molecule has 0 spiro atoms. The topological polar surface area (TPSA) is 15.3 Å². The van der Waals surface area contributed by atoms with Crippen LogP contribution in [0.4, 0.5) is 0 Å². The Morgan fingerprint density at radius 3 is 2.84 bits per heavy atom. The van der Waals surface area contributed by atoms with Gasteiger partial charge in [-0.1, -0.05) is 37.3 Å². The number of hydrogen-bond acceptors (Lipinski definition) is 2. The molecule has 2 aliphatic heterocycles. The number of nitrogens with one attached hydrogen (secondary N) is 1. The number of fused-ring (bicyclic) bond motifs is 1. The van der Waals surface area contributed by atoms with E-state index in [2.05, 4.69) is 47.5 Å². The highest BCUT2D eigenvalue weighted by atomic mass is 15.2. The van der Waals surface area contributed by atoms with Crippen LogP contribution >= 0.6 is 0 Å². The molecule has 19 heavy (non-hydrogen) atoms. The van der Waals surface area contributed by atoms with Crippen molar-refractivity contribution in [1.29, 1.82) is 0 Å². The SMILES string of the molecule is CCC(Cc1ccccc1)N1CC2CCCNC2C1. The zero-order valence-electron chi connectivity index (χ0n) is 12.0. The van der Waals surface area contributed by atoms with Crippen LogP contribution in [0.15, 0.2) is 30.3 Å². The van der Waals surface area contributed by atoms with Crippen molar-refractivity contribution in [2.75, 3.05) is 19.6 Å². The quantitative estimate of drug-likeness (QED) is 0.893. The highest BCUT2D eigenvalue weighted by Crippen LogP contribution is 2.28. The van der Waals surface area contributed by atoms with Gasteiger partial charge in [0.05, 0.1) is 0 Å². The second-order valence-electron chi connectivity index (χ2n) is 6.17. The molecule has 0 aromatic heterocycles. The molecule has 2 aliphatic rings. The first-order chi connectivity index (χ1) is 9.36. The summed E-state index contributed by atoms with van der Waals surface area (Å²) in [5.41, 5.74) is 1.48. The number of nitrogens with zero attached hydrogens (tertiary/aromatic N) is 1. The van der Waals surface area contributed by atoms with E-state index in [4.69, 9.17) is 0 Å². The van der Waals surface area contributed by atoms with Gasteiger partial charge in [-0.3, -0.25) is 4.90 Å². The maximum atomic E-state index is 3.71. The predicted molar refractivity (Wildman–Crippen MR) is 80.3 cm³/mol. The van der Waals surface area contributed by atoms with Crippen LogP contribution in [0.2, 0.25) is 0 Å². The number of piperidine rings is 1. The second-order valence-corrected chi connectivity index (χ2v) is 6.17. The van der Waals surface area contributed by atoms with Crippen molar-refractivity contribution in [2.24, 2.45) is 5.92 Å². The molecule has 104 valence electrons. The normalized spacial score (nSPS) is 29.1. The van der Waals surface area contributed by atoms with Crippen LogP contribution in [0.25, 0.3) is 0 Å². The molecule has 2 heteroatoms. The molecule has 2 nitrogen and oxygen atoms in total. The molecule has 1 aromatic rings. The van der Waals surface area contributed by atoms with E-state index in [9.17, 15) is 0 Å². The average Bonchev–Trinajstić information content (AvgIpc) is 2.89. The van der Waals surface area contributed by atoms with Crippen LogP contribution in [-0.2, 0) is 6.42 Å². The monoisotopic (exact) mass is 258 g/mol. The zero-order chi connectivity index (χ0) is 13.1. The minimum absolute atomic E-state index is 0.717. The smallest absolute Gasteiger partial charge is 0.0235 e. The lowest BCUT2D eigenvalue weighted by molar-refractivity contribution is 0.224. The van der Waals surface area contributed by atoms with Crippen molar-refractivity contribution < 1.29 is 0 Å². The summed E-state index contributed by atoms with van der Waals surface area (Å²) in [6, 6.07) is 12.4. The van der Waals surface area contributed by atoms with E-state index < -0.39 is 0 Å². The van der Waals surface area contributed by atoms with Gasteiger partial charge in [0.15, 0.2) is 0 Å². The predicted octanol–water partition coefficient (Wildman–Crippen LogP) is 2.69. The van der Waals surface area contributed by atoms with Gasteiger partial charge in [-0.05, 0) is 43.7 Å². The number of hydrogen-bond donors (Lipinski definition) is 1. The molecule has 1 aromatic carbocycles. The van der Waals surface area contributed by atoms with Gasteiger partial charge in [0.2, 0.25) is 0 Å². The van der Waals surface area contributed by atoms with E-state index in [0.717, 1.165) is 18.0 Å². The Balaban J connectivity index is 1.63. The maximum Gasteiger partial charge on any atom is 0.0235 e. The molecule has 0 aliphatic carbocycles. The number of benzene rings is 1. The molecule has 0 bridgehead atoms. The van der Waals surface area contributed by atoms with E-state index in [1.54, 1.807) is 0 Å². The van der Waals surface area contributed by atoms with Gasteiger partial charge in [-0.15, -0.1) is 0 Å². The molecule has 0 radical (unpaired) electrons. The molecular formula is C17H26N2.